The van der Waals surface area contributed by atoms with Crippen LogP contribution in [0.15, 0.2) is 22.8 Å². The van der Waals surface area contributed by atoms with Gasteiger partial charge in [-0.25, -0.2) is 0 Å². The van der Waals surface area contributed by atoms with Crippen molar-refractivity contribution in [2.24, 2.45) is 0 Å². The first kappa shape index (κ1) is 6.36. The molecule has 0 saturated carbocycles. The second-order valence-corrected chi connectivity index (χ2v) is 2.14. The van der Waals surface area contributed by atoms with Gasteiger partial charge in [-0.05, 0) is 19.1 Å². The zero-order chi connectivity index (χ0) is 6.69. The zero-order valence-corrected chi connectivity index (χ0v) is 5.79. The van der Waals surface area contributed by atoms with Gasteiger partial charge >= 0.3 is 0 Å². The highest BCUT2D eigenvalue weighted by Crippen LogP contribution is 2.06. The van der Waals surface area contributed by atoms with Gasteiger partial charge in [0.2, 0.25) is 0 Å². The van der Waals surface area contributed by atoms with Crippen LogP contribution in [0.3, 0.4) is 0 Å². The Labute approximate surface area is 54.9 Å². The quantitative estimate of drug-likeness (QED) is 0.615. The minimum absolute atomic E-state index is 0.444. The average Bonchev–Trinajstić information content (AvgIpc) is 2.37. The molecule has 9 heavy (non-hydrogen) atoms. The van der Waals surface area contributed by atoms with Crippen molar-refractivity contribution in [3.05, 3.63) is 24.2 Å². The Morgan fingerprint density at radius 1 is 1.67 bits per heavy atom. The summed E-state index contributed by atoms with van der Waals surface area (Å²) in [5.41, 5.74) is 0. The lowest BCUT2D eigenvalue weighted by atomic mass is 10.3. The van der Waals surface area contributed by atoms with Crippen molar-refractivity contribution < 1.29 is 9.73 Å². The summed E-state index contributed by atoms with van der Waals surface area (Å²) in [5, 5.41) is 2.11. The van der Waals surface area contributed by atoms with Gasteiger partial charge in [0.05, 0.1) is 13.3 Å². The monoisotopic (exact) mass is 126 g/mol. The highest BCUT2D eigenvalue weighted by atomic mass is 16.3. The van der Waals surface area contributed by atoms with Gasteiger partial charge in [0.15, 0.2) is 5.76 Å². The van der Waals surface area contributed by atoms with Crippen LogP contribution >= 0.6 is 0 Å². The van der Waals surface area contributed by atoms with Gasteiger partial charge < -0.3 is 9.73 Å². The molecule has 1 heterocycles. The van der Waals surface area contributed by atoms with Crippen LogP contribution in [0.25, 0.3) is 0 Å². The molecule has 0 unspecified atom stereocenters. The lowest BCUT2D eigenvalue weighted by Gasteiger charge is -2.00. The number of furan rings is 1. The van der Waals surface area contributed by atoms with Gasteiger partial charge in [-0.3, -0.25) is 0 Å². The maximum Gasteiger partial charge on any atom is 0.160 e. The SMILES string of the molecule is C[NH2+][C@H](C)c1ccco1. The zero-order valence-electron chi connectivity index (χ0n) is 5.79. The summed E-state index contributed by atoms with van der Waals surface area (Å²) in [4.78, 5) is 0. The molecule has 0 spiro atoms. The fourth-order valence-electron chi connectivity index (χ4n) is 0.715. The van der Waals surface area contributed by atoms with Gasteiger partial charge in [-0.2, -0.15) is 0 Å². The van der Waals surface area contributed by atoms with Crippen LogP contribution in [0.5, 0.6) is 0 Å². The van der Waals surface area contributed by atoms with Gasteiger partial charge in [-0.15, -0.1) is 0 Å². The molecule has 0 aliphatic heterocycles. The minimum atomic E-state index is 0.444. The van der Waals surface area contributed by atoms with Crippen molar-refractivity contribution in [2.45, 2.75) is 13.0 Å². The molecular formula is C7H12NO+. The van der Waals surface area contributed by atoms with Crippen molar-refractivity contribution in [1.29, 1.82) is 0 Å². The molecule has 0 aromatic carbocycles. The van der Waals surface area contributed by atoms with Gasteiger partial charge in [0.25, 0.3) is 0 Å². The fourth-order valence-corrected chi connectivity index (χ4v) is 0.715. The highest BCUT2D eigenvalue weighted by molar-refractivity contribution is 4.99. The third-order valence-electron chi connectivity index (χ3n) is 1.49. The standard InChI is InChI=1S/C7H11NO/c1-6(8-2)7-4-3-5-9-7/h3-6,8H,1-2H3/p+1/t6-/m1/s1. The van der Waals surface area contributed by atoms with Crippen molar-refractivity contribution in [3.63, 3.8) is 0 Å². The average molecular weight is 126 g/mol. The van der Waals surface area contributed by atoms with E-state index in [9.17, 15) is 0 Å². The number of rotatable bonds is 2. The van der Waals surface area contributed by atoms with E-state index in [2.05, 4.69) is 12.2 Å². The number of hydrogen-bond acceptors (Lipinski definition) is 1. The molecule has 0 radical (unpaired) electrons. The molecule has 1 rings (SSSR count). The summed E-state index contributed by atoms with van der Waals surface area (Å²) >= 11 is 0. The Bertz CT molecular complexity index is 157. The van der Waals surface area contributed by atoms with Crippen molar-refractivity contribution in [2.75, 3.05) is 7.05 Å². The molecule has 2 N–H and O–H groups in total. The van der Waals surface area contributed by atoms with Crippen molar-refractivity contribution in [1.82, 2.24) is 0 Å². The largest absolute Gasteiger partial charge is 0.463 e. The molecule has 1 atom stereocenters. The highest BCUT2D eigenvalue weighted by Gasteiger charge is 2.06. The Balaban J connectivity index is 2.65. The molecule has 1 aromatic heterocycles. The maximum absolute atomic E-state index is 5.15. The fraction of sp³-hybridized carbons (Fsp3) is 0.429. The molecule has 0 bridgehead atoms. The Morgan fingerprint density at radius 3 is 2.89 bits per heavy atom. The van der Waals surface area contributed by atoms with E-state index in [0.29, 0.717) is 6.04 Å². The summed E-state index contributed by atoms with van der Waals surface area (Å²) in [6.45, 7) is 2.11. The van der Waals surface area contributed by atoms with Gasteiger partial charge in [0, 0.05) is 0 Å². The van der Waals surface area contributed by atoms with E-state index < -0.39 is 0 Å². The lowest BCUT2D eigenvalue weighted by Crippen LogP contribution is -2.80. The van der Waals surface area contributed by atoms with E-state index in [1.54, 1.807) is 6.26 Å². The number of nitrogens with two attached hydrogens (primary N) is 1. The minimum Gasteiger partial charge on any atom is -0.463 e. The molecular weight excluding hydrogens is 114 g/mol. The van der Waals surface area contributed by atoms with Crippen molar-refractivity contribution in [3.8, 4) is 0 Å². The molecule has 2 nitrogen and oxygen atoms in total. The van der Waals surface area contributed by atoms with E-state index in [1.165, 1.54) is 0 Å². The van der Waals surface area contributed by atoms with Crippen LogP contribution < -0.4 is 5.32 Å². The van der Waals surface area contributed by atoms with Crippen LogP contribution in [0.1, 0.15) is 18.7 Å². The molecule has 50 valence electrons. The van der Waals surface area contributed by atoms with Crippen LogP contribution in [0, 0.1) is 0 Å². The van der Waals surface area contributed by atoms with E-state index >= 15 is 0 Å². The molecule has 0 amide bonds. The predicted octanol–water partition coefficient (Wildman–Crippen LogP) is 0.534. The van der Waals surface area contributed by atoms with Crippen LogP contribution in [0.2, 0.25) is 0 Å². The Hall–Kier alpha value is -0.760. The van der Waals surface area contributed by atoms with Gasteiger partial charge in [0.1, 0.15) is 6.04 Å². The van der Waals surface area contributed by atoms with Crippen molar-refractivity contribution >= 4 is 0 Å². The lowest BCUT2D eigenvalue weighted by molar-refractivity contribution is -0.668. The second-order valence-electron chi connectivity index (χ2n) is 2.14. The Morgan fingerprint density at radius 2 is 2.44 bits per heavy atom. The summed E-state index contributed by atoms with van der Waals surface area (Å²) in [5.74, 6) is 1.04. The molecule has 1 aromatic rings. The summed E-state index contributed by atoms with van der Waals surface area (Å²) in [6.07, 6.45) is 1.70. The third-order valence-corrected chi connectivity index (χ3v) is 1.49. The van der Waals surface area contributed by atoms with Crippen LogP contribution in [0.4, 0.5) is 0 Å². The first-order chi connectivity index (χ1) is 4.34. The number of quaternary nitrogens is 1. The summed E-state index contributed by atoms with van der Waals surface area (Å²) < 4.78 is 5.15. The molecule has 0 fully saturated rings. The second kappa shape index (κ2) is 2.69. The Kier molecular flexibility index (Phi) is 1.90. The van der Waals surface area contributed by atoms with Crippen LogP contribution in [-0.4, -0.2) is 7.05 Å². The summed E-state index contributed by atoms with van der Waals surface area (Å²) in [6, 6.07) is 4.35. The van der Waals surface area contributed by atoms with E-state index in [-0.39, 0.29) is 0 Å². The van der Waals surface area contributed by atoms with E-state index in [4.69, 9.17) is 4.42 Å². The topological polar surface area (TPSA) is 29.8 Å². The molecule has 0 aliphatic carbocycles. The van der Waals surface area contributed by atoms with Crippen LogP contribution in [-0.2, 0) is 0 Å². The van der Waals surface area contributed by atoms with E-state index in [0.717, 1.165) is 5.76 Å². The number of hydrogen-bond donors (Lipinski definition) is 1. The predicted molar refractivity (Wildman–Crippen MR) is 35.0 cm³/mol. The smallest absolute Gasteiger partial charge is 0.160 e. The molecule has 0 aliphatic rings. The third kappa shape index (κ3) is 1.33. The first-order valence-corrected chi connectivity index (χ1v) is 3.17. The summed E-state index contributed by atoms with van der Waals surface area (Å²) in [7, 11) is 2.03. The van der Waals surface area contributed by atoms with Gasteiger partial charge in [-0.1, -0.05) is 0 Å². The molecule has 0 saturated heterocycles. The van der Waals surface area contributed by atoms with E-state index in [1.807, 2.05) is 19.2 Å². The normalized spacial score (nSPS) is 13.6. The first-order valence-electron chi connectivity index (χ1n) is 3.17. The maximum atomic E-state index is 5.15. The molecule has 2 heteroatoms.